The topological polar surface area (TPSA) is 84.3 Å². The van der Waals surface area contributed by atoms with Gasteiger partial charge in [-0.05, 0) is 43.4 Å². The van der Waals surface area contributed by atoms with Crippen molar-refractivity contribution in [3.05, 3.63) is 46.7 Å². The van der Waals surface area contributed by atoms with Gasteiger partial charge in [0.1, 0.15) is 0 Å². The number of aliphatic carboxylic acids is 1. The molecule has 0 aliphatic carbocycles. The zero-order valence-electron chi connectivity index (χ0n) is 13.7. The van der Waals surface area contributed by atoms with Crippen molar-refractivity contribution >= 4 is 29.2 Å². The number of halogens is 1. The average Bonchev–Trinajstić information content (AvgIpc) is 3.10. The van der Waals surface area contributed by atoms with E-state index in [4.69, 9.17) is 21.4 Å². The largest absolute Gasteiger partial charge is 0.481 e. The van der Waals surface area contributed by atoms with E-state index in [0.717, 1.165) is 49.2 Å². The molecule has 1 aromatic carbocycles. The van der Waals surface area contributed by atoms with Gasteiger partial charge in [0.25, 0.3) is 0 Å². The van der Waals surface area contributed by atoms with Crippen molar-refractivity contribution in [2.75, 3.05) is 11.9 Å². The molecule has 3 rings (SSSR count). The van der Waals surface area contributed by atoms with E-state index >= 15 is 0 Å². The van der Waals surface area contributed by atoms with Crippen molar-refractivity contribution in [1.82, 2.24) is 9.97 Å². The smallest absolute Gasteiger partial charge is 0.307 e. The van der Waals surface area contributed by atoms with Gasteiger partial charge in [-0.2, -0.15) is 0 Å². The highest BCUT2D eigenvalue weighted by Gasteiger charge is 2.16. The van der Waals surface area contributed by atoms with Crippen LogP contribution in [0, 0.1) is 0 Å². The second kappa shape index (κ2) is 8.27. The zero-order chi connectivity index (χ0) is 17.6. The number of nitrogens with one attached hydrogen (secondary N) is 1. The molecule has 6 nitrogen and oxygen atoms in total. The Balaban J connectivity index is 1.63. The number of anilines is 2. The number of hydrogen-bond acceptors (Lipinski definition) is 5. The summed E-state index contributed by atoms with van der Waals surface area (Å²) in [6.45, 7) is 0.840. The van der Waals surface area contributed by atoms with Crippen LogP contribution in [0.3, 0.4) is 0 Å². The Labute approximate surface area is 151 Å². The fourth-order valence-corrected chi connectivity index (χ4v) is 3.00. The monoisotopic (exact) mass is 361 g/mol. The molecule has 1 atom stereocenters. The van der Waals surface area contributed by atoms with Crippen LogP contribution in [0.15, 0.2) is 30.5 Å². The Morgan fingerprint density at radius 2 is 2.16 bits per heavy atom. The van der Waals surface area contributed by atoms with Crippen molar-refractivity contribution in [2.24, 2.45) is 0 Å². The van der Waals surface area contributed by atoms with E-state index in [1.807, 2.05) is 12.1 Å². The van der Waals surface area contributed by atoms with Gasteiger partial charge in [-0.15, -0.1) is 0 Å². The predicted octanol–water partition coefficient (Wildman–Crippen LogP) is 3.61. The summed E-state index contributed by atoms with van der Waals surface area (Å²) in [5.41, 5.74) is 2.34. The van der Waals surface area contributed by atoms with E-state index < -0.39 is 5.97 Å². The number of rotatable bonds is 7. The van der Waals surface area contributed by atoms with E-state index in [9.17, 15) is 4.79 Å². The minimum Gasteiger partial charge on any atom is -0.481 e. The number of carbonyl (C=O) groups is 1. The number of aryl methyl sites for hydroxylation is 1. The second-order valence-corrected chi connectivity index (χ2v) is 6.46. The van der Waals surface area contributed by atoms with Gasteiger partial charge in [0, 0.05) is 12.3 Å². The highest BCUT2D eigenvalue weighted by atomic mass is 35.5. The number of carboxylic acid groups (broad SMARTS) is 1. The summed E-state index contributed by atoms with van der Waals surface area (Å²) >= 11 is 6.20. The number of carboxylic acids is 1. The lowest BCUT2D eigenvalue weighted by molar-refractivity contribution is -0.136. The lowest BCUT2D eigenvalue weighted by Gasteiger charge is -2.11. The molecule has 7 heteroatoms. The SMILES string of the molecule is O=C(O)Cc1ccc(Nc2ncc(Cl)c(CC[C@@H]3CCCO3)n2)cc1. The first-order valence-electron chi connectivity index (χ1n) is 8.31. The van der Waals surface area contributed by atoms with Crippen LogP contribution >= 0.6 is 11.6 Å². The normalized spacial score (nSPS) is 16.8. The predicted molar refractivity (Wildman–Crippen MR) is 95.4 cm³/mol. The van der Waals surface area contributed by atoms with Gasteiger partial charge in [-0.1, -0.05) is 23.7 Å². The zero-order valence-corrected chi connectivity index (χ0v) is 14.5. The van der Waals surface area contributed by atoms with E-state index in [1.54, 1.807) is 18.3 Å². The second-order valence-electron chi connectivity index (χ2n) is 6.05. The standard InChI is InChI=1S/C18H20ClN3O3/c19-15-11-20-18(22-16(15)8-7-14-2-1-9-25-14)21-13-5-3-12(4-6-13)10-17(23)24/h3-6,11,14H,1-2,7-10H2,(H,23,24)(H,20,21,22)/t14-/m0/s1. The van der Waals surface area contributed by atoms with Crippen LogP contribution in [-0.4, -0.2) is 33.8 Å². The lowest BCUT2D eigenvalue weighted by Crippen LogP contribution is -2.08. The van der Waals surface area contributed by atoms with E-state index in [0.29, 0.717) is 17.1 Å². The molecule has 0 saturated carbocycles. The molecule has 0 amide bonds. The van der Waals surface area contributed by atoms with Crippen LogP contribution in [0.2, 0.25) is 5.02 Å². The van der Waals surface area contributed by atoms with Crippen molar-refractivity contribution in [3.63, 3.8) is 0 Å². The molecule has 0 spiro atoms. The average molecular weight is 362 g/mol. The van der Waals surface area contributed by atoms with E-state index in [1.165, 1.54) is 0 Å². The Bertz CT molecular complexity index is 731. The van der Waals surface area contributed by atoms with Gasteiger partial charge >= 0.3 is 5.97 Å². The maximum Gasteiger partial charge on any atom is 0.307 e. The molecule has 132 valence electrons. The number of nitrogens with zero attached hydrogens (tertiary/aromatic N) is 2. The van der Waals surface area contributed by atoms with Gasteiger partial charge in [0.15, 0.2) is 0 Å². The molecular formula is C18H20ClN3O3. The molecule has 0 bridgehead atoms. The van der Waals surface area contributed by atoms with Crippen LogP contribution in [0.4, 0.5) is 11.6 Å². The Hall–Kier alpha value is -2.18. The maximum atomic E-state index is 10.7. The molecular weight excluding hydrogens is 342 g/mol. The Morgan fingerprint density at radius 3 is 2.84 bits per heavy atom. The third-order valence-electron chi connectivity index (χ3n) is 4.11. The molecule has 25 heavy (non-hydrogen) atoms. The molecule has 1 saturated heterocycles. The summed E-state index contributed by atoms with van der Waals surface area (Å²) in [6, 6.07) is 7.15. The first-order chi connectivity index (χ1) is 12.1. The van der Waals surface area contributed by atoms with Gasteiger partial charge in [-0.25, -0.2) is 9.97 Å². The molecule has 0 unspecified atom stereocenters. The fraction of sp³-hybridized carbons (Fsp3) is 0.389. The lowest BCUT2D eigenvalue weighted by atomic mass is 10.1. The summed E-state index contributed by atoms with van der Waals surface area (Å²) in [6.07, 6.45) is 5.76. The highest BCUT2D eigenvalue weighted by Crippen LogP contribution is 2.22. The molecule has 1 fully saturated rings. The van der Waals surface area contributed by atoms with Gasteiger partial charge in [0.05, 0.1) is 29.4 Å². The minimum atomic E-state index is -0.849. The first kappa shape index (κ1) is 17.6. The van der Waals surface area contributed by atoms with E-state index in [2.05, 4.69) is 15.3 Å². The number of benzene rings is 1. The first-order valence-corrected chi connectivity index (χ1v) is 8.69. The highest BCUT2D eigenvalue weighted by molar-refractivity contribution is 6.31. The Morgan fingerprint density at radius 1 is 1.36 bits per heavy atom. The Kier molecular flexibility index (Phi) is 5.83. The molecule has 1 aromatic heterocycles. The molecule has 1 aliphatic rings. The molecule has 2 aromatic rings. The summed E-state index contributed by atoms with van der Waals surface area (Å²) < 4.78 is 5.64. The van der Waals surface area contributed by atoms with E-state index in [-0.39, 0.29) is 6.42 Å². The van der Waals surface area contributed by atoms with Crippen LogP contribution in [0.25, 0.3) is 0 Å². The summed E-state index contributed by atoms with van der Waals surface area (Å²) in [5, 5.41) is 12.5. The van der Waals surface area contributed by atoms with Crippen LogP contribution in [0.5, 0.6) is 0 Å². The number of aromatic nitrogens is 2. The van der Waals surface area contributed by atoms with Gasteiger partial charge < -0.3 is 15.2 Å². The number of ether oxygens (including phenoxy) is 1. The van der Waals surface area contributed by atoms with Crippen LogP contribution in [0.1, 0.15) is 30.5 Å². The molecule has 2 N–H and O–H groups in total. The van der Waals surface area contributed by atoms with Crippen molar-refractivity contribution < 1.29 is 14.6 Å². The summed E-state index contributed by atoms with van der Waals surface area (Å²) in [5.74, 6) is -0.379. The van der Waals surface area contributed by atoms with Crippen molar-refractivity contribution in [3.8, 4) is 0 Å². The third-order valence-corrected chi connectivity index (χ3v) is 4.42. The maximum absolute atomic E-state index is 10.7. The number of hydrogen-bond donors (Lipinski definition) is 2. The van der Waals surface area contributed by atoms with Crippen molar-refractivity contribution in [2.45, 2.75) is 38.2 Å². The summed E-state index contributed by atoms with van der Waals surface area (Å²) in [7, 11) is 0. The van der Waals surface area contributed by atoms with Gasteiger partial charge in [-0.3, -0.25) is 4.79 Å². The van der Waals surface area contributed by atoms with Gasteiger partial charge in [0.2, 0.25) is 5.95 Å². The minimum absolute atomic E-state index is 0.00507. The van der Waals surface area contributed by atoms with Crippen LogP contribution in [-0.2, 0) is 22.4 Å². The summed E-state index contributed by atoms with van der Waals surface area (Å²) in [4.78, 5) is 19.4. The molecule has 2 heterocycles. The molecule has 0 radical (unpaired) electrons. The molecule has 1 aliphatic heterocycles. The van der Waals surface area contributed by atoms with Crippen molar-refractivity contribution in [1.29, 1.82) is 0 Å². The quantitative estimate of drug-likeness (QED) is 0.783. The van der Waals surface area contributed by atoms with Crippen LogP contribution < -0.4 is 5.32 Å². The third kappa shape index (κ3) is 5.14. The fourth-order valence-electron chi connectivity index (χ4n) is 2.82.